The van der Waals surface area contributed by atoms with Crippen molar-refractivity contribution in [2.45, 2.75) is 44.6 Å². The summed E-state index contributed by atoms with van der Waals surface area (Å²) in [5, 5.41) is 3.96. The van der Waals surface area contributed by atoms with Crippen molar-refractivity contribution < 1.29 is 27.1 Å². The number of fused-ring (bicyclic) bond motifs is 1. The van der Waals surface area contributed by atoms with Gasteiger partial charge in [-0.15, -0.1) is 0 Å². The maximum atomic E-state index is 13.0. The number of H-pyrrole nitrogens is 1. The minimum atomic E-state index is -4.38. The van der Waals surface area contributed by atoms with Crippen LogP contribution in [-0.4, -0.2) is 46.6 Å². The molecular weight excluding hydrogens is 497 g/mol. The second-order valence-electron chi connectivity index (χ2n) is 9.49. The summed E-state index contributed by atoms with van der Waals surface area (Å²) in [7, 11) is 0. The molecule has 10 heteroatoms. The first-order valence-corrected chi connectivity index (χ1v) is 12.6. The number of alkyl halides is 3. The van der Waals surface area contributed by atoms with Gasteiger partial charge in [0.05, 0.1) is 18.2 Å². The molecule has 0 bridgehead atoms. The summed E-state index contributed by atoms with van der Waals surface area (Å²) in [6.45, 7) is 2.42. The lowest BCUT2D eigenvalue weighted by molar-refractivity contribution is -0.137. The van der Waals surface area contributed by atoms with Crippen LogP contribution < -0.4 is 5.32 Å². The number of amides is 1. The average molecular weight is 527 g/mol. The van der Waals surface area contributed by atoms with Crippen LogP contribution in [0, 0.1) is 0 Å². The molecule has 2 aromatic carbocycles. The van der Waals surface area contributed by atoms with Gasteiger partial charge in [0.1, 0.15) is 6.26 Å². The highest BCUT2D eigenvalue weighted by atomic mass is 19.4. The van der Waals surface area contributed by atoms with E-state index in [0.717, 1.165) is 47.0 Å². The van der Waals surface area contributed by atoms with Gasteiger partial charge in [-0.25, -0.2) is 4.98 Å². The number of benzene rings is 2. The summed E-state index contributed by atoms with van der Waals surface area (Å²) in [6, 6.07) is 13.2. The van der Waals surface area contributed by atoms with E-state index in [4.69, 9.17) is 9.15 Å². The number of rotatable bonds is 10. The quantitative estimate of drug-likeness (QED) is 0.292. The van der Waals surface area contributed by atoms with E-state index in [-0.39, 0.29) is 17.7 Å². The Hall–Kier alpha value is -3.63. The number of carbonyl (C=O) groups excluding carboxylic acids is 1. The Labute approximate surface area is 218 Å². The van der Waals surface area contributed by atoms with Crippen LogP contribution in [0.25, 0.3) is 10.9 Å². The van der Waals surface area contributed by atoms with Crippen molar-refractivity contribution in [2.75, 3.05) is 19.7 Å². The molecule has 0 radical (unpaired) electrons. The van der Waals surface area contributed by atoms with Crippen molar-refractivity contribution >= 4 is 16.8 Å². The predicted octanol–water partition coefficient (Wildman–Crippen LogP) is 5.33. The summed E-state index contributed by atoms with van der Waals surface area (Å²) >= 11 is 0. The zero-order chi connectivity index (χ0) is 26.5. The number of nitrogens with zero attached hydrogens (tertiary/aromatic N) is 2. The molecule has 1 saturated heterocycles. The van der Waals surface area contributed by atoms with E-state index in [9.17, 15) is 18.0 Å². The second kappa shape index (κ2) is 11.4. The van der Waals surface area contributed by atoms with E-state index in [1.165, 1.54) is 18.4 Å². The number of oxazole rings is 1. The molecule has 1 amide bonds. The number of hydrogen-bond acceptors (Lipinski definition) is 5. The highest BCUT2D eigenvalue weighted by molar-refractivity contribution is 5.91. The molecule has 4 aromatic rings. The molecule has 2 N–H and O–H groups in total. The first kappa shape index (κ1) is 26.0. The van der Waals surface area contributed by atoms with Gasteiger partial charge < -0.3 is 19.5 Å². The van der Waals surface area contributed by atoms with E-state index in [1.54, 1.807) is 0 Å². The van der Waals surface area contributed by atoms with Gasteiger partial charge in [0.2, 0.25) is 5.89 Å². The number of carbonyl (C=O) groups is 1. The molecule has 1 aliphatic rings. The van der Waals surface area contributed by atoms with Crippen LogP contribution in [0.15, 0.2) is 65.4 Å². The number of nitrogens with one attached hydrogen (secondary N) is 2. The second-order valence-corrected chi connectivity index (χ2v) is 9.49. The molecule has 0 saturated carbocycles. The summed E-state index contributed by atoms with van der Waals surface area (Å²) in [6.07, 6.45) is 1.56. The standard InChI is InChI=1S/C28H29F3N4O3/c29-28(30,31)21-9-7-19(8-10-21)16-35(12-11-20-14-32-24-6-2-1-5-23(20)24)17-26-34-25(18-38-26)27(36)33-15-22-4-3-13-37-22/h1-2,5-10,14,18,22,32H,3-4,11-13,15-17H2,(H,33,36)/t22-/m1/s1. The number of aromatic nitrogens is 2. The first-order chi connectivity index (χ1) is 18.3. The largest absolute Gasteiger partial charge is 0.447 e. The smallest absolute Gasteiger partial charge is 0.416 e. The van der Waals surface area contributed by atoms with Crippen molar-refractivity contribution in [3.63, 3.8) is 0 Å². The Morgan fingerprint density at radius 3 is 2.71 bits per heavy atom. The third-order valence-corrected chi connectivity index (χ3v) is 6.72. The Morgan fingerprint density at radius 2 is 1.95 bits per heavy atom. The summed E-state index contributed by atoms with van der Waals surface area (Å²) < 4.78 is 50.2. The van der Waals surface area contributed by atoms with Crippen LogP contribution in [0.4, 0.5) is 13.2 Å². The zero-order valence-electron chi connectivity index (χ0n) is 20.8. The summed E-state index contributed by atoms with van der Waals surface area (Å²) in [5.74, 6) is 0.0293. The van der Waals surface area contributed by atoms with Crippen molar-refractivity contribution in [3.8, 4) is 0 Å². The molecule has 1 fully saturated rings. The SMILES string of the molecule is O=C(NC[C@H]1CCCO1)c1coc(CN(CCc2c[nH]c3ccccc23)Cc2ccc(C(F)(F)F)cc2)n1. The number of ether oxygens (including phenoxy) is 1. The van der Waals surface area contributed by atoms with E-state index >= 15 is 0 Å². The molecule has 0 unspecified atom stereocenters. The Morgan fingerprint density at radius 1 is 1.13 bits per heavy atom. The van der Waals surface area contributed by atoms with Crippen LogP contribution in [0.2, 0.25) is 0 Å². The molecule has 1 atom stereocenters. The van der Waals surface area contributed by atoms with E-state index in [1.807, 2.05) is 29.3 Å². The number of aromatic amines is 1. The Kier molecular flexibility index (Phi) is 7.80. The third kappa shape index (κ3) is 6.43. The molecule has 0 aliphatic carbocycles. The van der Waals surface area contributed by atoms with Gasteiger partial charge in [-0.2, -0.15) is 13.2 Å². The van der Waals surface area contributed by atoms with Gasteiger partial charge in [-0.05, 0) is 48.6 Å². The fraction of sp³-hybridized carbons (Fsp3) is 0.357. The van der Waals surface area contributed by atoms with Gasteiger partial charge in [-0.1, -0.05) is 30.3 Å². The van der Waals surface area contributed by atoms with Gasteiger partial charge >= 0.3 is 6.18 Å². The van der Waals surface area contributed by atoms with Crippen molar-refractivity contribution in [1.82, 2.24) is 20.2 Å². The lowest BCUT2D eigenvalue weighted by atomic mass is 10.1. The Balaban J connectivity index is 1.27. The van der Waals surface area contributed by atoms with E-state index in [0.29, 0.717) is 45.1 Å². The summed E-state index contributed by atoms with van der Waals surface area (Å²) in [5.41, 5.74) is 2.42. The molecular formula is C28H29F3N4O3. The van der Waals surface area contributed by atoms with Crippen LogP contribution in [-0.2, 0) is 30.4 Å². The maximum Gasteiger partial charge on any atom is 0.416 e. The van der Waals surface area contributed by atoms with Crippen LogP contribution in [0.5, 0.6) is 0 Å². The number of hydrogen-bond donors (Lipinski definition) is 2. The third-order valence-electron chi connectivity index (χ3n) is 6.72. The fourth-order valence-electron chi connectivity index (χ4n) is 4.67. The highest BCUT2D eigenvalue weighted by Crippen LogP contribution is 2.29. The van der Waals surface area contributed by atoms with E-state index < -0.39 is 11.7 Å². The Bertz CT molecular complexity index is 1360. The normalized spacial score (nSPS) is 15.9. The minimum Gasteiger partial charge on any atom is -0.447 e. The number of halogens is 3. The monoisotopic (exact) mass is 526 g/mol. The highest BCUT2D eigenvalue weighted by Gasteiger charge is 2.30. The maximum absolute atomic E-state index is 13.0. The fourth-order valence-corrected chi connectivity index (χ4v) is 4.67. The number of para-hydroxylation sites is 1. The summed E-state index contributed by atoms with van der Waals surface area (Å²) in [4.78, 5) is 22.2. The van der Waals surface area contributed by atoms with Gasteiger partial charge in [0.25, 0.3) is 5.91 Å². The predicted molar refractivity (Wildman–Crippen MR) is 135 cm³/mol. The molecule has 38 heavy (non-hydrogen) atoms. The van der Waals surface area contributed by atoms with Crippen LogP contribution >= 0.6 is 0 Å². The molecule has 0 spiro atoms. The van der Waals surface area contributed by atoms with Gasteiger partial charge in [-0.3, -0.25) is 9.69 Å². The zero-order valence-corrected chi connectivity index (χ0v) is 20.8. The van der Waals surface area contributed by atoms with Gasteiger partial charge in [0, 0.05) is 43.3 Å². The topological polar surface area (TPSA) is 83.4 Å². The van der Waals surface area contributed by atoms with Crippen molar-refractivity contribution in [1.29, 1.82) is 0 Å². The lowest BCUT2D eigenvalue weighted by Crippen LogP contribution is -2.32. The van der Waals surface area contributed by atoms with Crippen LogP contribution in [0.1, 0.15) is 45.9 Å². The van der Waals surface area contributed by atoms with Crippen LogP contribution in [0.3, 0.4) is 0 Å². The minimum absolute atomic E-state index is 0.0223. The van der Waals surface area contributed by atoms with Gasteiger partial charge in [0.15, 0.2) is 5.69 Å². The molecule has 1 aliphatic heterocycles. The van der Waals surface area contributed by atoms with Crippen molar-refractivity contribution in [2.24, 2.45) is 0 Å². The first-order valence-electron chi connectivity index (χ1n) is 12.6. The molecule has 2 aromatic heterocycles. The van der Waals surface area contributed by atoms with Crippen molar-refractivity contribution in [3.05, 3.63) is 89.3 Å². The van der Waals surface area contributed by atoms with E-state index in [2.05, 4.69) is 21.4 Å². The molecule has 7 nitrogen and oxygen atoms in total. The average Bonchev–Trinajstić information content (AvgIpc) is 3.67. The molecule has 3 heterocycles. The molecule has 200 valence electrons. The lowest BCUT2D eigenvalue weighted by Gasteiger charge is -2.21. The molecule has 5 rings (SSSR count).